The molecule has 1 aliphatic heterocycles. The van der Waals surface area contributed by atoms with Crippen LogP contribution < -0.4 is 4.90 Å². The molecule has 1 aromatic heterocycles. The van der Waals surface area contributed by atoms with Crippen LogP contribution >= 0.6 is 0 Å². The van der Waals surface area contributed by atoms with E-state index >= 15 is 0 Å². The number of aromatic nitrogens is 2. The van der Waals surface area contributed by atoms with Crippen LogP contribution in [0.4, 0.5) is 5.95 Å². The highest BCUT2D eigenvalue weighted by atomic mass is 16.5. The average molecular weight is 220 g/mol. The fraction of sp³-hybridized carbons (Fsp3) is 0.727. The Kier molecular flexibility index (Phi) is 3.40. The van der Waals surface area contributed by atoms with Gasteiger partial charge in [-0.15, -0.1) is 0 Å². The predicted molar refractivity (Wildman–Crippen MR) is 58.8 cm³/mol. The molecule has 0 aliphatic carbocycles. The molecule has 0 radical (unpaired) electrons. The van der Waals surface area contributed by atoms with E-state index in [9.17, 15) is 0 Å². The van der Waals surface area contributed by atoms with Crippen molar-refractivity contribution in [2.24, 2.45) is 5.92 Å². The van der Waals surface area contributed by atoms with Crippen molar-refractivity contribution < 1.29 is 4.52 Å². The summed E-state index contributed by atoms with van der Waals surface area (Å²) in [5, 5.41) is 12.5. The molecule has 86 valence electrons. The van der Waals surface area contributed by atoms with Gasteiger partial charge < -0.3 is 9.42 Å². The molecule has 1 atom stereocenters. The first-order chi connectivity index (χ1) is 7.79. The second kappa shape index (κ2) is 4.97. The van der Waals surface area contributed by atoms with Crippen molar-refractivity contribution in [1.29, 1.82) is 5.26 Å². The number of rotatable bonds is 4. The number of nitriles is 1. The molecule has 0 amide bonds. The second-order valence-corrected chi connectivity index (χ2v) is 4.35. The van der Waals surface area contributed by atoms with E-state index in [0.717, 1.165) is 13.1 Å². The smallest absolute Gasteiger partial charge is 0.266 e. The Hall–Kier alpha value is -1.57. The highest BCUT2D eigenvalue weighted by Gasteiger charge is 2.18. The normalized spacial score (nSPS) is 17.4. The van der Waals surface area contributed by atoms with E-state index < -0.39 is 0 Å². The van der Waals surface area contributed by atoms with Crippen LogP contribution in [0.15, 0.2) is 4.52 Å². The molecule has 0 aromatic carbocycles. The zero-order valence-corrected chi connectivity index (χ0v) is 9.52. The first-order valence-corrected chi connectivity index (χ1v) is 5.74. The zero-order chi connectivity index (χ0) is 11.4. The molecule has 5 heteroatoms. The van der Waals surface area contributed by atoms with Gasteiger partial charge >= 0.3 is 0 Å². The standard InChI is InChI=1S/C11H16N4O/c1-9(4-5-12)8-10-13-11(14-16-10)15-6-2-3-7-15/h9H,2-4,6-8H2,1H3. The van der Waals surface area contributed by atoms with E-state index in [4.69, 9.17) is 9.78 Å². The molecule has 0 bridgehead atoms. The summed E-state index contributed by atoms with van der Waals surface area (Å²) in [5.41, 5.74) is 0. The Labute approximate surface area is 95.0 Å². The Balaban J connectivity index is 1.94. The van der Waals surface area contributed by atoms with Gasteiger partial charge in [-0.25, -0.2) is 0 Å². The number of nitrogens with zero attached hydrogens (tertiary/aromatic N) is 4. The minimum atomic E-state index is 0.275. The maximum atomic E-state index is 8.57. The van der Waals surface area contributed by atoms with Crippen LogP contribution in [-0.2, 0) is 6.42 Å². The van der Waals surface area contributed by atoms with Crippen LogP contribution in [0.2, 0.25) is 0 Å². The lowest BCUT2D eigenvalue weighted by Crippen LogP contribution is -2.18. The van der Waals surface area contributed by atoms with Crippen LogP contribution in [0.5, 0.6) is 0 Å². The van der Waals surface area contributed by atoms with Crippen LogP contribution in [0, 0.1) is 17.2 Å². The first kappa shape index (κ1) is 10.9. The van der Waals surface area contributed by atoms with E-state index in [1.165, 1.54) is 12.8 Å². The van der Waals surface area contributed by atoms with Gasteiger partial charge in [0, 0.05) is 25.9 Å². The van der Waals surface area contributed by atoms with Crippen LogP contribution in [0.25, 0.3) is 0 Å². The Bertz CT molecular complexity index is 376. The van der Waals surface area contributed by atoms with Crippen molar-refractivity contribution >= 4 is 5.95 Å². The lowest BCUT2D eigenvalue weighted by molar-refractivity contribution is 0.358. The van der Waals surface area contributed by atoms with Crippen molar-refractivity contribution in [3.8, 4) is 6.07 Å². The molecule has 0 saturated carbocycles. The van der Waals surface area contributed by atoms with Crippen molar-refractivity contribution in [3.05, 3.63) is 5.89 Å². The number of hydrogen-bond acceptors (Lipinski definition) is 5. The van der Waals surface area contributed by atoms with Gasteiger partial charge in [0.2, 0.25) is 5.89 Å². The Morgan fingerprint density at radius 3 is 2.94 bits per heavy atom. The maximum absolute atomic E-state index is 8.57. The molecule has 1 unspecified atom stereocenters. The highest BCUT2D eigenvalue weighted by Crippen LogP contribution is 2.18. The Morgan fingerprint density at radius 2 is 2.25 bits per heavy atom. The van der Waals surface area contributed by atoms with E-state index in [1.54, 1.807) is 0 Å². The van der Waals surface area contributed by atoms with Crippen molar-refractivity contribution in [2.75, 3.05) is 18.0 Å². The minimum Gasteiger partial charge on any atom is -0.338 e. The van der Waals surface area contributed by atoms with Gasteiger partial charge in [-0.3, -0.25) is 0 Å². The van der Waals surface area contributed by atoms with Gasteiger partial charge in [-0.05, 0) is 23.9 Å². The SMILES string of the molecule is CC(CC#N)Cc1nc(N2CCCC2)no1. The topological polar surface area (TPSA) is 66.0 Å². The van der Waals surface area contributed by atoms with E-state index in [2.05, 4.69) is 21.1 Å². The van der Waals surface area contributed by atoms with Gasteiger partial charge in [-0.2, -0.15) is 10.2 Å². The first-order valence-electron chi connectivity index (χ1n) is 5.74. The summed E-state index contributed by atoms with van der Waals surface area (Å²) in [5.74, 6) is 1.62. The monoisotopic (exact) mass is 220 g/mol. The minimum absolute atomic E-state index is 0.275. The quantitative estimate of drug-likeness (QED) is 0.773. The summed E-state index contributed by atoms with van der Waals surface area (Å²) in [6.07, 6.45) is 3.62. The summed E-state index contributed by atoms with van der Waals surface area (Å²) >= 11 is 0. The van der Waals surface area contributed by atoms with Gasteiger partial charge in [0.25, 0.3) is 5.95 Å². The second-order valence-electron chi connectivity index (χ2n) is 4.35. The molecule has 1 aliphatic rings. The third kappa shape index (κ3) is 2.51. The molecule has 1 saturated heterocycles. The molecule has 2 heterocycles. The summed E-state index contributed by atoms with van der Waals surface area (Å²) < 4.78 is 5.18. The lowest BCUT2D eigenvalue weighted by atomic mass is 10.1. The molecule has 0 N–H and O–H groups in total. The summed E-state index contributed by atoms with van der Waals surface area (Å²) in [6, 6.07) is 2.15. The molecular formula is C11H16N4O. The summed E-state index contributed by atoms with van der Waals surface area (Å²) in [7, 11) is 0. The molecule has 1 aromatic rings. The third-order valence-corrected chi connectivity index (χ3v) is 2.81. The number of hydrogen-bond donors (Lipinski definition) is 0. The predicted octanol–water partition coefficient (Wildman–Crippen LogP) is 1.76. The summed E-state index contributed by atoms with van der Waals surface area (Å²) in [6.45, 7) is 4.06. The van der Waals surface area contributed by atoms with E-state index in [0.29, 0.717) is 24.7 Å². The Morgan fingerprint density at radius 1 is 1.50 bits per heavy atom. The molecule has 0 spiro atoms. The van der Waals surface area contributed by atoms with E-state index in [-0.39, 0.29) is 5.92 Å². The van der Waals surface area contributed by atoms with Gasteiger partial charge in [0.05, 0.1) is 6.07 Å². The summed E-state index contributed by atoms with van der Waals surface area (Å²) in [4.78, 5) is 6.49. The van der Waals surface area contributed by atoms with Crippen LogP contribution in [0.1, 0.15) is 32.1 Å². The molecule has 16 heavy (non-hydrogen) atoms. The largest absolute Gasteiger partial charge is 0.338 e. The van der Waals surface area contributed by atoms with Crippen molar-refractivity contribution in [2.45, 2.75) is 32.6 Å². The fourth-order valence-electron chi connectivity index (χ4n) is 1.90. The molecule has 2 rings (SSSR count). The van der Waals surface area contributed by atoms with Crippen LogP contribution in [0.3, 0.4) is 0 Å². The lowest BCUT2D eigenvalue weighted by Gasteiger charge is -2.09. The number of anilines is 1. The van der Waals surface area contributed by atoms with Gasteiger partial charge in [-0.1, -0.05) is 6.92 Å². The maximum Gasteiger partial charge on any atom is 0.266 e. The molecular weight excluding hydrogens is 204 g/mol. The van der Waals surface area contributed by atoms with Crippen molar-refractivity contribution in [3.63, 3.8) is 0 Å². The van der Waals surface area contributed by atoms with E-state index in [1.807, 2.05) is 6.92 Å². The van der Waals surface area contributed by atoms with Crippen molar-refractivity contribution in [1.82, 2.24) is 10.1 Å². The highest BCUT2D eigenvalue weighted by molar-refractivity contribution is 5.28. The molecule has 5 nitrogen and oxygen atoms in total. The molecule has 1 fully saturated rings. The zero-order valence-electron chi connectivity index (χ0n) is 9.52. The average Bonchev–Trinajstić information content (AvgIpc) is 2.86. The van der Waals surface area contributed by atoms with Crippen LogP contribution in [-0.4, -0.2) is 23.2 Å². The third-order valence-electron chi connectivity index (χ3n) is 2.81. The fourth-order valence-corrected chi connectivity index (χ4v) is 1.90. The van der Waals surface area contributed by atoms with Gasteiger partial charge in [0.1, 0.15) is 0 Å². The van der Waals surface area contributed by atoms with Gasteiger partial charge in [0.15, 0.2) is 0 Å².